The van der Waals surface area contributed by atoms with Crippen LogP contribution < -0.4 is 4.90 Å². The number of hydrogen-bond acceptors (Lipinski definition) is 2. The minimum Gasteiger partial charge on any atom is -0.310 e. The Morgan fingerprint density at radius 3 is 1.46 bits per heavy atom. The molecule has 0 fully saturated rings. The van der Waals surface area contributed by atoms with Crippen LogP contribution in [0, 0.1) is 0 Å². The van der Waals surface area contributed by atoms with E-state index in [2.05, 4.69) is 205 Å². The zero-order chi connectivity index (χ0) is 35.6. The molecule has 0 aliphatic rings. The van der Waals surface area contributed by atoms with Gasteiger partial charge in [0.25, 0.3) is 0 Å². The van der Waals surface area contributed by atoms with Crippen LogP contribution in [0.5, 0.6) is 0 Å². The van der Waals surface area contributed by atoms with E-state index < -0.39 is 0 Å². The third-order valence-electron chi connectivity index (χ3n) is 11.0. The highest BCUT2D eigenvalue weighted by molar-refractivity contribution is 7.25. The van der Waals surface area contributed by atoms with Gasteiger partial charge in [-0.3, -0.25) is 0 Å². The summed E-state index contributed by atoms with van der Waals surface area (Å²) in [5, 5.41) is 12.8. The van der Waals surface area contributed by atoms with Gasteiger partial charge in [0, 0.05) is 37.2 Å². The Labute approximate surface area is 317 Å². The molecule has 1 heterocycles. The topological polar surface area (TPSA) is 3.24 Å². The molecule has 0 unspecified atom stereocenters. The number of fused-ring (bicyclic) bond motifs is 9. The quantitative estimate of drug-likeness (QED) is 0.161. The number of rotatable bonds is 5. The molecule has 2 heteroatoms. The Balaban J connectivity index is 1.04. The van der Waals surface area contributed by atoms with Crippen molar-refractivity contribution in [1.82, 2.24) is 0 Å². The van der Waals surface area contributed by atoms with Crippen LogP contribution in [0.1, 0.15) is 0 Å². The summed E-state index contributed by atoms with van der Waals surface area (Å²) >= 11 is 1.87. The van der Waals surface area contributed by atoms with Crippen LogP contribution in [0.2, 0.25) is 0 Å². The molecule has 10 aromatic carbocycles. The van der Waals surface area contributed by atoms with Crippen LogP contribution in [0.4, 0.5) is 17.1 Å². The van der Waals surface area contributed by atoms with Crippen molar-refractivity contribution in [2.24, 2.45) is 0 Å². The van der Waals surface area contributed by atoms with Gasteiger partial charge in [-0.05, 0) is 120 Å². The van der Waals surface area contributed by atoms with Crippen LogP contribution in [-0.4, -0.2) is 0 Å². The van der Waals surface area contributed by atoms with Gasteiger partial charge in [0.2, 0.25) is 0 Å². The van der Waals surface area contributed by atoms with Crippen LogP contribution in [0.15, 0.2) is 200 Å². The summed E-state index contributed by atoms with van der Waals surface area (Å²) in [4.78, 5) is 2.39. The Kier molecular flexibility index (Phi) is 7.11. The van der Waals surface area contributed by atoms with Crippen molar-refractivity contribution in [3.05, 3.63) is 200 Å². The lowest BCUT2D eigenvalue weighted by Crippen LogP contribution is -2.09. The minimum atomic E-state index is 1.11. The molecule has 1 aromatic heterocycles. The molecular formula is C52H33NS. The largest absolute Gasteiger partial charge is 0.310 e. The number of thiophene rings is 1. The van der Waals surface area contributed by atoms with E-state index in [-0.39, 0.29) is 0 Å². The van der Waals surface area contributed by atoms with Gasteiger partial charge < -0.3 is 4.90 Å². The maximum absolute atomic E-state index is 2.39. The maximum atomic E-state index is 2.39. The average molecular weight is 704 g/mol. The lowest BCUT2D eigenvalue weighted by molar-refractivity contribution is 1.29. The van der Waals surface area contributed by atoms with E-state index in [1.807, 2.05) is 11.3 Å². The third-order valence-corrected chi connectivity index (χ3v) is 12.2. The van der Waals surface area contributed by atoms with Crippen molar-refractivity contribution in [3.8, 4) is 22.3 Å². The van der Waals surface area contributed by atoms with Crippen LogP contribution in [-0.2, 0) is 0 Å². The first-order chi connectivity index (χ1) is 26.7. The van der Waals surface area contributed by atoms with Crippen molar-refractivity contribution in [1.29, 1.82) is 0 Å². The number of hydrogen-bond donors (Lipinski definition) is 0. The molecule has 0 radical (unpaired) electrons. The maximum Gasteiger partial charge on any atom is 0.0468 e. The van der Waals surface area contributed by atoms with Crippen LogP contribution in [0.3, 0.4) is 0 Å². The summed E-state index contributed by atoms with van der Waals surface area (Å²) in [5.41, 5.74) is 8.26. The molecule has 0 amide bonds. The van der Waals surface area contributed by atoms with Gasteiger partial charge in [0.1, 0.15) is 0 Å². The summed E-state index contributed by atoms with van der Waals surface area (Å²) in [5.74, 6) is 0. The molecule has 1 nitrogen and oxygen atoms in total. The van der Waals surface area contributed by atoms with E-state index in [1.165, 1.54) is 85.5 Å². The predicted octanol–water partition coefficient (Wildman–Crippen LogP) is 15.5. The SMILES string of the molecule is c1ccc2c(c1)ccc1ccc(-c3ccc(N(c4ccc(-c5cccc6sc7ccccc7c56)cc4)c4ccc5ccc6ccccc6c5c4)cc3)cc12. The van der Waals surface area contributed by atoms with Gasteiger partial charge in [-0.15, -0.1) is 11.3 Å². The van der Waals surface area contributed by atoms with Gasteiger partial charge in [-0.1, -0.05) is 146 Å². The van der Waals surface area contributed by atoms with Gasteiger partial charge in [-0.2, -0.15) is 0 Å². The summed E-state index contributed by atoms with van der Waals surface area (Å²) < 4.78 is 2.65. The zero-order valence-corrected chi connectivity index (χ0v) is 30.2. The fraction of sp³-hybridized carbons (Fsp3) is 0. The van der Waals surface area contributed by atoms with Crippen molar-refractivity contribution in [3.63, 3.8) is 0 Å². The zero-order valence-electron chi connectivity index (χ0n) is 29.4. The van der Waals surface area contributed by atoms with Crippen LogP contribution in [0.25, 0.3) is 85.5 Å². The molecule has 11 aromatic rings. The van der Waals surface area contributed by atoms with Gasteiger partial charge in [0.05, 0.1) is 0 Å². The van der Waals surface area contributed by atoms with E-state index in [1.54, 1.807) is 0 Å². The molecule has 0 aliphatic heterocycles. The van der Waals surface area contributed by atoms with Crippen molar-refractivity contribution >= 4 is 91.7 Å². The van der Waals surface area contributed by atoms with Crippen molar-refractivity contribution < 1.29 is 0 Å². The van der Waals surface area contributed by atoms with Crippen LogP contribution >= 0.6 is 11.3 Å². The molecule has 0 spiro atoms. The molecule has 0 saturated heterocycles. The molecule has 54 heavy (non-hydrogen) atoms. The Morgan fingerprint density at radius 2 is 0.778 bits per heavy atom. The Morgan fingerprint density at radius 1 is 0.296 bits per heavy atom. The molecule has 0 aliphatic carbocycles. The van der Waals surface area contributed by atoms with E-state index in [0.717, 1.165) is 17.1 Å². The predicted molar refractivity (Wildman–Crippen MR) is 235 cm³/mol. The molecule has 0 bridgehead atoms. The third kappa shape index (κ3) is 5.07. The van der Waals surface area contributed by atoms with Crippen molar-refractivity contribution in [2.45, 2.75) is 0 Å². The molecule has 252 valence electrons. The molecular weight excluding hydrogens is 671 g/mol. The second kappa shape index (κ2) is 12.4. The lowest BCUT2D eigenvalue weighted by Gasteiger charge is -2.26. The normalized spacial score (nSPS) is 11.7. The molecule has 0 saturated carbocycles. The van der Waals surface area contributed by atoms with E-state index >= 15 is 0 Å². The van der Waals surface area contributed by atoms with Gasteiger partial charge in [-0.25, -0.2) is 0 Å². The number of anilines is 3. The Hall–Kier alpha value is -6.74. The second-order valence-electron chi connectivity index (χ2n) is 14.1. The summed E-state index contributed by atoms with van der Waals surface area (Å²) in [6.45, 7) is 0. The molecule has 0 N–H and O–H groups in total. The van der Waals surface area contributed by atoms with Gasteiger partial charge in [0.15, 0.2) is 0 Å². The first kappa shape index (κ1) is 30.8. The van der Waals surface area contributed by atoms with E-state index in [4.69, 9.17) is 0 Å². The summed E-state index contributed by atoms with van der Waals surface area (Å²) in [6.07, 6.45) is 0. The highest BCUT2D eigenvalue weighted by Gasteiger charge is 2.16. The molecule has 11 rings (SSSR count). The number of nitrogens with zero attached hydrogens (tertiary/aromatic N) is 1. The molecule has 0 atom stereocenters. The minimum absolute atomic E-state index is 1.11. The monoisotopic (exact) mass is 703 g/mol. The average Bonchev–Trinajstić information content (AvgIpc) is 3.63. The smallest absolute Gasteiger partial charge is 0.0468 e. The standard InChI is InChI=1S/C52H33NS/c1-3-10-44-35(8-1)16-18-38-20-21-40(32-48(38)44)34-22-27-41(28-23-34)53(43-31-26-39-19-17-36-9-2-4-11-45(36)49(39)33-43)42-29-24-37(25-30-42)46-13-7-15-51-52(46)47-12-5-6-14-50(47)54-51/h1-33H. The summed E-state index contributed by atoms with van der Waals surface area (Å²) in [7, 11) is 0. The highest BCUT2D eigenvalue weighted by Crippen LogP contribution is 2.43. The Bertz CT molecular complexity index is 3210. The lowest BCUT2D eigenvalue weighted by atomic mass is 9.97. The van der Waals surface area contributed by atoms with Crippen molar-refractivity contribution in [2.75, 3.05) is 4.90 Å². The summed E-state index contributed by atoms with van der Waals surface area (Å²) in [6, 6.07) is 73.6. The number of benzene rings is 10. The second-order valence-corrected chi connectivity index (χ2v) is 15.2. The first-order valence-electron chi connectivity index (χ1n) is 18.5. The fourth-order valence-electron chi connectivity index (χ4n) is 8.37. The van der Waals surface area contributed by atoms with Gasteiger partial charge >= 0.3 is 0 Å². The van der Waals surface area contributed by atoms with E-state index in [0.29, 0.717) is 0 Å². The van der Waals surface area contributed by atoms with E-state index in [9.17, 15) is 0 Å². The fourth-order valence-corrected chi connectivity index (χ4v) is 9.50. The first-order valence-corrected chi connectivity index (χ1v) is 19.3. The highest BCUT2D eigenvalue weighted by atomic mass is 32.1.